The van der Waals surface area contributed by atoms with E-state index in [1.807, 2.05) is 10.9 Å². The lowest BCUT2D eigenvalue weighted by Crippen LogP contribution is -2.21. The van der Waals surface area contributed by atoms with Crippen LogP contribution < -0.4 is 5.32 Å². The molecule has 0 radical (unpaired) electrons. The molecule has 1 aromatic carbocycles. The lowest BCUT2D eigenvalue weighted by Gasteiger charge is -2.17. The van der Waals surface area contributed by atoms with E-state index in [4.69, 9.17) is 0 Å². The zero-order valence-electron chi connectivity index (χ0n) is 11.8. The summed E-state index contributed by atoms with van der Waals surface area (Å²) in [6.07, 6.45) is 6.30. The molecule has 0 aliphatic rings. The molecule has 1 N–H and O–H groups in total. The predicted octanol–water partition coefficient (Wildman–Crippen LogP) is 3.19. The quantitative estimate of drug-likeness (QED) is 0.825. The van der Waals surface area contributed by atoms with Crippen molar-refractivity contribution in [1.82, 2.24) is 15.1 Å². The normalized spacial score (nSPS) is 12.5. The van der Waals surface area contributed by atoms with Gasteiger partial charge in [-0.25, -0.2) is 0 Å². The summed E-state index contributed by atoms with van der Waals surface area (Å²) in [5.41, 5.74) is 2.69. The monoisotopic (exact) mass is 257 g/mol. The van der Waals surface area contributed by atoms with Crippen molar-refractivity contribution in [2.24, 2.45) is 0 Å². The second kappa shape index (κ2) is 7.10. The van der Waals surface area contributed by atoms with E-state index in [2.05, 4.69) is 60.8 Å². The first-order valence-electron chi connectivity index (χ1n) is 7.13. The lowest BCUT2D eigenvalue weighted by atomic mass is 10.0. The fraction of sp³-hybridized carbons (Fsp3) is 0.438. The molecule has 3 nitrogen and oxygen atoms in total. The topological polar surface area (TPSA) is 29.9 Å². The van der Waals surface area contributed by atoms with Gasteiger partial charge in [0.1, 0.15) is 0 Å². The highest BCUT2D eigenvalue weighted by Crippen LogP contribution is 2.18. The van der Waals surface area contributed by atoms with Gasteiger partial charge in [0.2, 0.25) is 0 Å². The van der Waals surface area contributed by atoms with Gasteiger partial charge in [-0.15, -0.1) is 0 Å². The zero-order valence-corrected chi connectivity index (χ0v) is 11.8. The van der Waals surface area contributed by atoms with Crippen molar-refractivity contribution in [3.05, 3.63) is 53.9 Å². The standard InChI is InChI=1S/C16H23N3/c1-3-17-16(15-8-6-5-7-9-15)11-10-14-12-18-19(4-2)13-14/h5-9,12-13,16-17H,3-4,10-11H2,1-2H3. The van der Waals surface area contributed by atoms with Crippen molar-refractivity contribution in [3.63, 3.8) is 0 Å². The predicted molar refractivity (Wildman–Crippen MR) is 79.1 cm³/mol. The van der Waals surface area contributed by atoms with Crippen LogP contribution in [-0.2, 0) is 13.0 Å². The van der Waals surface area contributed by atoms with E-state index < -0.39 is 0 Å². The van der Waals surface area contributed by atoms with Crippen LogP contribution in [-0.4, -0.2) is 16.3 Å². The van der Waals surface area contributed by atoms with E-state index in [1.54, 1.807) is 0 Å². The van der Waals surface area contributed by atoms with Gasteiger partial charge in [0.25, 0.3) is 0 Å². The minimum atomic E-state index is 0.427. The van der Waals surface area contributed by atoms with Crippen LogP contribution in [0, 0.1) is 0 Å². The van der Waals surface area contributed by atoms with E-state index in [0.29, 0.717) is 6.04 Å². The van der Waals surface area contributed by atoms with Gasteiger partial charge in [-0.3, -0.25) is 4.68 Å². The second-order valence-corrected chi connectivity index (χ2v) is 4.76. The van der Waals surface area contributed by atoms with Crippen molar-refractivity contribution in [2.75, 3.05) is 6.54 Å². The number of nitrogens with one attached hydrogen (secondary N) is 1. The Bertz CT molecular complexity index is 476. The molecule has 0 saturated heterocycles. The van der Waals surface area contributed by atoms with Crippen LogP contribution in [0.1, 0.15) is 37.4 Å². The molecule has 1 aromatic heterocycles. The molecule has 19 heavy (non-hydrogen) atoms. The van der Waals surface area contributed by atoms with E-state index in [1.165, 1.54) is 11.1 Å². The largest absolute Gasteiger partial charge is 0.310 e. The SMILES string of the molecule is CCNC(CCc1cnn(CC)c1)c1ccccc1. The molecule has 1 unspecified atom stereocenters. The molecule has 1 heterocycles. The number of rotatable bonds is 7. The van der Waals surface area contributed by atoms with E-state index in [9.17, 15) is 0 Å². The minimum absolute atomic E-state index is 0.427. The fourth-order valence-corrected chi connectivity index (χ4v) is 2.34. The second-order valence-electron chi connectivity index (χ2n) is 4.76. The number of aryl methyl sites for hydroxylation is 2. The molecule has 0 fully saturated rings. The molecule has 0 aliphatic carbocycles. The summed E-state index contributed by atoms with van der Waals surface area (Å²) in [6.45, 7) is 6.20. The third-order valence-electron chi connectivity index (χ3n) is 3.38. The van der Waals surface area contributed by atoms with Crippen molar-refractivity contribution in [1.29, 1.82) is 0 Å². The summed E-state index contributed by atoms with van der Waals surface area (Å²) < 4.78 is 1.99. The summed E-state index contributed by atoms with van der Waals surface area (Å²) in [6, 6.07) is 11.1. The van der Waals surface area contributed by atoms with Gasteiger partial charge in [0, 0.05) is 18.8 Å². The van der Waals surface area contributed by atoms with Crippen LogP contribution in [0.25, 0.3) is 0 Å². The van der Waals surface area contributed by atoms with Gasteiger partial charge in [-0.05, 0) is 37.4 Å². The molecule has 2 aromatic rings. The van der Waals surface area contributed by atoms with Gasteiger partial charge >= 0.3 is 0 Å². The first-order chi connectivity index (χ1) is 9.33. The number of hydrogen-bond donors (Lipinski definition) is 1. The van der Waals surface area contributed by atoms with Crippen LogP contribution in [0.5, 0.6) is 0 Å². The molecule has 0 bridgehead atoms. The summed E-state index contributed by atoms with van der Waals surface area (Å²) in [4.78, 5) is 0. The smallest absolute Gasteiger partial charge is 0.0521 e. The molecule has 0 amide bonds. The van der Waals surface area contributed by atoms with Crippen molar-refractivity contribution in [2.45, 2.75) is 39.3 Å². The fourth-order valence-electron chi connectivity index (χ4n) is 2.34. The molecule has 0 spiro atoms. The molecule has 2 rings (SSSR count). The molecule has 102 valence electrons. The molecular weight excluding hydrogens is 234 g/mol. The van der Waals surface area contributed by atoms with Crippen LogP contribution in [0.2, 0.25) is 0 Å². The highest BCUT2D eigenvalue weighted by atomic mass is 15.3. The molecule has 0 saturated carbocycles. The summed E-state index contributed by atoms with van der Waals surface area (Å²) in [5.74, 6) is 0. The Labute approximate surface area is 115 Å². The Morgan fingerprint density at radius 3 is 2.63 bits per heavy atom. The first kappa shape index (κ1) is 13.8. The Morgan fingerprint density at radius 1 is 1.21 bits per heavy atom. The van der Waals surface area contributed by atoms with Gasteiger partial charge in [0.15, 0.2) is 0 Å². The Kier molecular flexibility index (Phi) is 5.16. The molecule has 1 atom stereocenters. The van der Waals surface area contributed by atoms with Crippen molar-refractivity contribution >= 4 is 0 Å². The number of nitrogens with zero attached hydrogens (tertiary/aromatic N) is 2. The third kappa shape index (κ3) is 3.93. The van der Waals surface area contributed by atoms with Crippen LogP contribution in [0.15, 0.2) is 42.7 Å². The van der Waals surface area contributed by atoms with Crippen LogP contribution >= 0.6 is 0 Å². The summed E-state index contributed by atoms with van der Waals surface area (Å²) >= 11 is 0. The van der Waals surface area contributed by atoms with E-state index >= 15 is 0 Å². The number of hydrogen-bond acceptors (Lipinski definition) is 2. The van der Waals surface area contributed by atoms with Crippen molar-refractivity contribution < 1.29 is 0 Å². The van der Waals surface area contributed by atoms with Gasteiger partial charge in [-0.1, -0.05) is 37.3 Å². The van der Waals surface area contributed by atoms with Gasteiger partial charge < -0.3 is 5.32 Å². The number of aromatic nitrogens is 2. The van der Waals surface area contributed by atoms with E-state index in [-0.39, 0.29) is 0 Å². The maximum Gasteiger partial charge on any atom is 0.0521 e. The van der Waals surface area contributed by atoms with E-state index in [0.717, 1.165) is 25.9 Å². The average Bonchev–Trinajstić information content (AvgIpc) is 2.92. The molecule has 0 aliphatic heterocycles. The van der Waals surface area contributed by atoms with Crippen LogP contribution in [0.4, 0.5) is 0 Å². The first-order valence-corrected chi connectivity index (χ1v) is 7.13. The van der Waals surface area contributed by atoms with Gasteiger partial charge in [-0.2, -0.15) is 5.10 Å². The Balaban J connectivity index is 1.97. The Hall–Kier alpha value is -1.61. The maximum absolute atomic E-state index is 4.33. The van der Waals surface area contributed by atoms with Gasteiger partial charge in [0.05, 0.1) is 6.20 Å². The zero-order chi connectivity index (χ0) is 13.5. The highest BCUT2D eigenvalue weighted by molar-refractivity contribution is 5.19. The average molecular weight is 257 g/mol. The number of benzene rings is 1. The molecular formula is C16H23N3. The minimum Gasteiger partial charge on any atom is -0.310 e. The highest BCUT2D eigenvalue weighted by Gasteiger charge is 2.10. The summed E-state index contributed by atoms with van der Waals surface area (Å²) in [7, 11) is 0. The third-order valence-corrected chi connectivity index (χ3v) is 3.38. The van der Waals surface area contributed by atoms with Crippen LogP contribution in [0.3, 0.4) is 0 Å². The molecule has 3 heteroatoms. The Morgan fingerprint density at radius 2 is 2.00 bits per heavy atom. The van der Waals surface area contributed by atoms with Crippen molar-refractivity contribution in [3.8, 4) is 0 Å². The summed E-state index contributed by atoms with van der Waals surface area (Å²) in [5, 5.41) is 7.89. The maximum atomic E-state index is 4.33. The lowest BCUT2D eigenvalue weighted by molar-refractivity contribution is 0.515.